The second kappa shape index (κ2) is 5.21. The van der Waals surface area contributed by atoms with Gasteiger partial charge in [-0.2, -0.15) is 0 Å². The maximum absolute atomic E-state index is 13.4. The molecule has 0 saturated carbocycles. The zero-order chi connectivity index (χ0) is 11.4. The topological polar surface area (TPSA) is 26.3 Å². The molecule has 0 spiro atoms. The van der Waals surface area contributed by atoms with Crippen molar-refractivity contribution in [3.8, 4) is 0 Å². The first-order chi connectivity index (χ1) is 7.06. The quantitative estimate of drug-likeness (QED) is 0.628. The lowest BCUT2D eigenvalue weighted by molar-refractivity contribution is -0.142. The van der Waals surface area contributed by atoms with Gasteiger partial charge in [0.15, 0.2) is 0 Å². The van der Waals surface area contributed by atoms with E-state index < -0.39 is 17.6 Å². The van der Waals surface area contributed by atoms with Crippen LogP contribution in [0.3, 0.4) is 0 Å². The van der Waals surface area contributed by atoms with Crippen LogP contribution < -0.4 is 0 Å². The largest absolute Gasteiger partial charge is 0.466 e. The molecule has 0 aromatic heterocycles. The molecule has 1 aromatic carbocycles. The lowest BCUT2D eigenvalue weighted by atomic mass is 10.1. The van der Waals surface area contributed by atoms with Crippen LogP contribution in [0.5, 0.6) is 0 Å². The fraction of sp³-hybridized carbons (Fsp3) is 0.300. The minimum Gasteiger partial charge on any atom is -0.466 e. The van der Waals surface area contributed by atoms with Gasteiger partial charge in [-0.3, -0.25) is 4.79 Å². The third kappa shape index (κ3) is 2.99. The van der Waals surface area contributed by atoms with E-state index in [1.54, 1.807) is 6.92 Å². The molecule has 0 saturated heterocycles. The molecule has 0 atom stereocenters. The van der Waals surface area contributed by atoms with Crippen LogP contribution in [0.2, 0.25) is 0 Å². The van der Waals surface area contributed by atoms with Crippen molar-refractivity contribution < 1.29 is 18.3 Å². The molecule has 0 aliphatic rings. The minimum absolute atomic E-state index is 0.113. The van der Waals surface area contributed by atoms with Crippen LogP contribution in [0.1, 0.15) is 12.5 Å². The molecule has 0 N–H and O–H groups in total. The highest BCUT2D eigenvalue weighted by molar-refractivity contribution is 9.10. The summed E-state index contributed by atoms with van der Waals surface area (Å²) in [7, 11) is 0. The SMILES string of the molecule is CCOC(=O)Cc1ccc(F)c(Br)c1F. The molecule has 15 heavy (non-hydrogen) atoms. The Morgan fingerprint density at radius 1 is 1.47 bits per heavy atom. The first-order valence-corrected chi connectivity index (χ1v) is 5.13. The van der Waals surface area contributed by atoms with Gasteiger partial charge in [0.05, 0.1) is 17.5 Å². The van der Waals surface area contributed by atoms with Crippen molar-refractivity contribution in [3.05, 3.63) is 33.8 Å². The molecule has 0 radical (unpaired) electrons. The van der Waals surface area contributed by atoms with E-state index in [0.29, 0.717) is 0 Å². The molecule has 1 rings (SSSR count). The highest BCUT2D eigenvalue weighted by Crippen LogP contribution is 2.22. The molecular weight excluding hydrogens is 270 g/mol. The monoisotopic (exact) mass is 278 g/mol. The second-order valence-electron chi connectivity index (χ2n) is 2.82. The molecule has 0 amide bonds. The summed E-state index contributed by atoms with van der Waals surface area (Å²) in [4.78, 5) is 11.1. The van der Waals surface area contributed by atoms with Gasteiger partial charge < -0.3 is 4.74 Å². The number of hydrogen-bond acceptors (Lipinski definition) is 2. The Balaban J connectivity index is 2.87. The molecule has 0 aliphatic carbocycles. The van der Waals surface area contributed by atoms with Crippen molar-refractivity contribution in [2.24, 2.45) is 0 Å². The second-order valence-corrected chi connectivity index (χ2v) is 3.61. The number of hydrogen-bond donors (Lipinski definition) is 0. The summed E-state index contributed by atoms with van der Waals surface area (Å²) in [6.45, 7) is 1.90. The maximum Gasteiger partial charge on any atom is 0.310 e. The molecule has 0 bridgehead atoms. The number of carbonyl (C=O) groups excluding carboxylic acids is 1. The zero-order valence-electron chi connectivity index (χ0n) is 8.02. The maximum atomic E-state index is 13.4. The summed E-state index contributed by atoms with van der Waals surface area (Å²) in [6, 6.07) is 2.33. The van der Waals surface area contributed by atoms with E-state index in [1.807, 2.05) is 0 Å². The van der Waals surface area contributed by atoms with E-state index in [1.165, 1.54) is 6.07 Å². The number of ether oxygens (including phenoxy) is 1. The van der Waals surface area contributed by atoms with E-state index in [9.17, 15) is 13.6 Å². The molecule has 0 unspecified atom stereocenters. The molecule has 0 aliphatic heterocycles. The van der Waals surface area contributed by atoms with Crippen molar-refractivity contribution in [1.82, 2.24) is 0 Å². The van der Waals surface area contributed by atoms with Crippen molar-refractivity contribution in [1.29, 1.82) is 0 Å². The summed E-state index contributed by atoms with van der Waals surface area (Å²) in [5.41, 5.74) is 0.113. The number of halogens is 3. The Morgan fingerprint density at radius 3 is 2.73 bits per heavy atom. The zero-order valence-corrected chi connectivity index (χ0v) is 9.61. The van der Waals surface area contributed by atoms with Crippen LogP contribution >= 0.6 is 15.9 Å². The normalized spacial score (nSPS) is 10.1. The first-order valence-electron chi connectivity index (χ1n) is 4.34. The summed E-state index contributed by atoms with van der Waals surface area (Å²) < 4.78 is 30.6. The number of rotatable bonds is 3. The molecule has 82 valence electrons. The van der Waals surface area contributed by atoms with E-state index in [2.05, 4.69) is 20.7 Å². The number of esters is 1. The van der Waals surface area contributed by atoms with E-state index >= 15 is 0 Å². The highest BCUT2D eigenvalue weighted by Gasteiger charge is 2.14. The van der Waals surface area contributed by atoms with Gasteiger partial charge in [0, 0.05) is 5.56 Å². The lowest BCUT2D eigenvalue weighted by Crippen LogP contribution is -2.09. The minimum atomic E-state index is -0.761. The van der Waals surface area contributed by atoms with Crippen molar-refractivity contribution in [2.75, 3.05) is 6.61 Å². The predicted octanol–water partition coefficient (Wildman–Crippen LogP) is 2.83. The Labute approximate surface area is 94.4 Å². The number of carbonyl (C=O) groups is 1. The molecule has 5 heteroatoms. The van der Waals surface area contributed by atoms with Gasteiger partial charge in [-0.1, -0.05) is 6.07 Å². The molecular formula is C10H9BrF2O2. The Kier molecular flexibility index (Phi) is 4.20. The molecule has 1 aromatic rings. The van der Waals surface area contributed by atoms with Gasteiger partial charge in [0.2, 0.25) is 0 Å². The van der Waals surface area contributed by atoms with Crippen molar-refractivity contribution in [3.63, 3.8) is 0 Å². The van der Waals surface area contributed by atoms with Gasteiger partial charge in [-0.25, -0.2) is 8.78 Å². The fourth-order valence-electron chi connectivity index (χ4n) is 1.07. The van der Waals surface area contributed by atoms with Crippen molar-refractivity contribution in [2.45, 2.75) is 13.3 Å². The number of benzene rings is 1. The van der Waals surface area contributed by atoms with Crippen LogP contribution in [0.25, 0.3) is 0 Å². The predicted molar refractivity (Wildman–Crippen MR) is 54.4 cm³/mol. The standard InChI is InChI=1S/C10H9BrF2O2/c1-2-15-8(14)5-6-3-4-7(12)9(11)10(6)13/h3-4H,2,5H2,1H3. The highest BCUT2D eigenvalue weighted by atomic mass is 79.9. The van der Waals surface area contributed by atoms with Gasteiger partial charge in [0.1, 0.15) is 11.6 Å². The van der Waals surface area contributed by atoms with Crippen LogP contribution in [0.4, 0.5) is 8.78 Å². The average Bonchev–Trinajstić information content (AvgIpc) is 2.20. The smallest absolute Gasteiger partial charge is 0.310 e. The van der Waals surface area contributed by atoms with E-state index in [-0.39, 0.29) is 23.1 Å². The summed E-state index contributed by atoms with van der Waals surface area (Å²) in [5.74, 6) is -1.99. The van der Waals surface area contributed by atoms with Crippen LogP contribution in [0, 0.1) is 11.6 Å². The summed E-state index contributed by atoms with van der Waals surface area (Å²) in [5, 5.41) is 0. The Hall–Kier alpha value is -0.970. The molecule has 2 nitrogen and oxygen atoms in total. The lowest BCUT2D eigenvalue weighted by Gasteiger charge is -2.05. The van der Waals surface area contributed by atoms with E-state index in [0.717, 1.165) is 6.07 Å². The van der Waals surface area contributed by atoms with Crippen LogP contribution in [-0.4, -0.2) is 12.6 Å². The van der Waals surface area contributed by atoms with Gasteiger partial charge >= 0.3 is 5.97 Å². The summed E-state index contributed by atoms with van der Waals surface area (Å²) >= 11 is 2.76. The fourth-order valence-corrected chi connectivity index (χ4v) is 1.46. The van der Waals surface area contributed by atoms with Crippen molar-refractivity contribution >= 4 is 21.9 Å². The van der Waals surface area contributed by atoms with Gasteiger partial charge in [-0.05, 0) is 28.9 Å². The average molecular weight is 279 g/mol. The third-order valence-electron chi connectivity index (χ3n) is 1.76. The Morgan fingerprint density at radius 2 is 2.13 bits per heavy atom. The molecule has 0 fully saturated rings. The third-order valence-corrected chi connectivity index (χ3v) is 2.48. The summed E-state index contributed by atoms with van der Waals surface area (Å²) in [6.07, 6.45) is -0.196. The molecule has 0 heterocycles. The first kappa shape index (κ1) is 12.1. The van der Waals surface area contributed by atoms with Gasteiger partial charge in [0.25, 0.3) is 0 Å². The van der Waals surface area contributed by atoms with Gasteiger partial charge in [-0.15, -0.1) is 0 Å². The van der Waals surface area contributed by atoms with Crippen LogP contribution in [-0.2, 0) is 16.0 Å². The van der Waals surface area contributed by atoms with E-state index in [4.69, 9.17) is 0 Å². The Bertz CT molecular complexity index is 380. The van der Waals surface area contributed by atoms with Crippen LogP contribution in [0.15, 0.2) is 16.6 Å².